The van der Waals surface area contributed by atoms with E-state index in [4.69, 9.17) is 51.1 Å². The molecule has 0 saturated carbocycles. The minimum atomic E-state index is -4.57. The molecular formula is C108H94N7NaO11S. The number of aryl methyl sites for hydroxylation is 1. The van der Waals surface area contributed by atoms with E-state index in [0.717, 1.165) is 190 Å². The summed E-state index contributed by atoms with van der Waals surface area (Å²) in [6.45, 7) is 15.3. The van der Waals surface area contributed by atoms with Crippen molar-refractivity contribution in [2.75, 3.05) is 76.5 Å². The molecule has 0 radical (unpaired) electrons. The molecule has 0 saturated heterocycles. The quantitative estimate of drug-likeness (QED) is 0.0175. The second-order valence-electron chi connectivity index (χ2n) is 30.7. The van der Waals surface area contributed by atoms with E-state index >= 15 is 0 Å². The van der Waals surface area contributed by atoms with Crippen LogP contribution in [0.1, 0.15) is 13.3 Å². The fourth-order valence-electron chi connectivity index (χ4n) is 16.8. The van der Waals surface area contributed by atoms with Crippen LogP contribution in [0.3, 0.4) is 0 Å². The van der Waals surface area contributed by atoms with Gasteiger partial charge in [-0.25, -0.2) is 8.42 Å². The van der Waals surface area contributed by atoms with E-state index in [0.29, 0.717) is 23.8 Å². The fourth-order valence-corrected chi connectivity index (χ4v) is 17.2. The first-order valence-corrected chi connectivity index (χ1v) is 42.9. The Hall–Kier alpha value is -14.6. The van der Waals surface area contributed by atoms with Crippen molar-refractivity contribution < 1.29 is 80.4 Å². The van der Waals surface area contributed by atoms with Crippen LogP contribution < -0.4 is 92.9 Å². The van der Waals surface area contributed by atoms with Crippen LogP contribution in [-0.2, 0) is 21.4 Å². The standard InChI is InChI=1S/C108H95N7O11S.Na/c1-13-90(119-5)15-14-63-109(78-26-43-91(120-6)44-27-78)71(2)65-98-73(4)111(106-59-40-87(68-101(98)106)112(80-28-45-92(121-7)46-29-80)81-30-47-93(122-8)48-31-81)79-22-16-74(17-23-79)76-20-57-104-99(66-76)100-67-77(21-58-105(100)110(104)64-62-72(3)127(116,117)118)75-18-24-86(25-19-75)115-107-60-41-88(113(82-32-49-94(123-9)50-33-82)83-34-51-95(124-10)52-35-83)69-102(107)103-70-89(42-61-108(103)115)114(84-36-53-96(125-11)54-37-84)85-38-55-97(126-12)56-39-85;/h13-61,63,65-70,72H,1-2,4,62,64H2,3,5-12H3,(H,116,117,118);/q;+1/p-1/b63-14+,90-15+,98-65+;. The van der Waals surface area contributed by atoms with Gasteiger partial charge in [-0.1, -0.05) is 56.1 Å². The first kappa shape index (κ1) is 86.9. The van der Waals surface area contributed by atoms with Gasteiger partial charge in [0.15, 0.2) is 0 Å². The molecule has 17 aromatic rings. The maximum atomic E-state index is 12.5. The van der Waals surface area contributed by atoms with Crippen molar-refractivity contribution in [3.8, 4) is 73.9 Å². The number of benzene rings is 14. The zero-order chi connectivity index (χ0) is 88.1. The molecule has 0 aliphatic heterocycles. The smallest absolute Gasteiger partial charge is 0.748 e. The largest absolute Gasteiger partial charge is 1.00 e. The molecule has 0 aliphatic rings. The number of nitrogens with zero attached hydrogens (tertiary/aromatic N) is 7. The van der Waals surface area contributed by atoms with Crippen LogP contribution in [0, 0.1) is 0 Å². The monoisotopic (exact) mass is 1720 g/mol. The molecule has 3 aromatic heterocycles. The van der Waals surface area contributed by atoms with Crippen molar-refractivity contribution in [2.24, 2.45) is 0 Å². The van der Waals surface area contributed by atoms with Gasteiger partial charge in [0.25, 0.3) is 0 Å². The van der Waals surface area contributed by atoms with E-state index in [1.165, 1.54) is 6.92 Å². The van der Waals surface area contributed by atoms with Crippen LogP contribution in [0.2, 0.25) is 0 Å². The number of allylic oxidation sites excluding steroid dienone is 4. The third-order valence-electron chi connectivity index (χ3n) is 23.5. The van der Waals surface area contributed by atoms with Gasteiger partial charge in [-0.3, -0.25) is 0 Å². The molecule has 0 aliphatic carbocycles. The number of ether oxygens (including phenoxy) is 8. The van der Waals surface area contributed by atoms with Crippen LogP contribution in [0.5, 0.6) is 40.2 Å². The van der Waals surface area contributed by atoms with Gasteiger partial charge in [-0.15, -0.1) is 0 Å². The van der Waals surface area contributed by atoms with Gasteiger partial charge < -0.3 is 75.7 Å². The summed E-state index contributed by atoms with van der Waals surface area (Å²) < 4.78 is 89.3. The summed E-state index contributed by atoms with van der Waals surface area (Å²) in [4.78, 5) is 8.69. The average Bonchev–Trinajstić information content (AvgIpc) is 1.59. The number of rotatable bonds is 31. The van der Waals surface area contributed by atoms with Gasteiger partial charge in [0.2, 0.25) is 0 Å². The molecule has 634 valence electrons. The molecule has 17 rings (SSSR count). The number of aromatic nitrogens is 3. The predicted octanol–water partition coefficient (Wildman–Crippen LogP) is 21.4. The number of hydrogen-bond donors (Lipinski definition) is 0. The van der Waals surface area contributed by atoms with Crippen molar-refractivity contribution in [3.05, 3.63) is 369 Å². The van der Waals surface area contributed by atoms with Crippen molar-refractivity contribution in [1.29, 1.82) is 0 Å². The molecule has 0 amide bonds. The molecule has 128 heavy (non-hydrogen) atoms. The van der Waals surface area contributed by atoms with E-state index in [-0.39, 0.29) is 36.0 Å². The normalized spacial score (nSPS) is 12.0. The van der Waals surface area contributed by atoms with Crippen molar-refractivity contribution in [2.45, 2.75) is 25.1 Å². The second-order valence-corrected chi connectivity index (χ2v) is 32.4. The topological polar surface area (TPSA) is 159 Å². The molecular weight excluding hydrogens is 1630 g/mol. The fraction of sp³-hybridized carbons (Fsp3) is 0.111. The number of hydrogen-bond acceptors (Lipinski definition) is 15. The molecule has 20 heteroatoms. The van der Waals surface area contributed by atoms with Gasteiger partial charge >= 0.3 is 29.6 Å². The Morgan fingerprint density at radius 1 is 0.383 bits per heavy atom. The first-order valence-electron chi connectivity index (χ1n) is 41.5. The Labute approximate surface area is 767 Å². The Morgan fingerprint density at radius 2 is 0.680 bits per heavy atom. The summed E-state index contributed by atoms with van der Waals surface area (Å²) in [5.74, 6) is 5.76. The molecule has 3 heterocycles. The SMILES string of the molecule is C=C/C(=C\C=C\N(C(=C)/C=c1\c(=C)n(-c2ccc(-c3ccc4c(c3)c3cc(-c5ccc(-n6c7ccc(N(c8ccc(OC)cc8)c8ccc(OC)cc8)cc7c7cc(N(c8ccc(OC)cc8)c8ccc(OC)cc8)ccc76)cc5)ccc3n4CCC(C)S(=O)(=O)[O-])cc2)c2ccc(N(c3ccc(OC)cc3)c3ccc(OC)cc3)cc12)c1ccc(OC)cc1)OC.[Na+]. The van der Waals surface area contributed by atoms with Crippen LogP contribution in [0.25, 0.3) is 101 Å². The van der Waals surface area contributed by atoms with Gasteiger partial charge in [-0.2, -0.15) is 0 Å². The van der Waals surface area contributed by atoms with Crippen molar-refractivity contribution in [3.63, 3.8) is 0 Å². The van der Waals surface area contributed by atoms with Crippen LogP contribution >= 0.6 is 0 Å². The zero-order valence-corrected chi connectivity index (χ0v) is 75.8. The Kier molecular flexibility index (Phi) is 25.6. The summed E-state index contributed by atoms with van der Waals surface area (Å²) in [6, 6.07) is 106. The molecule has 1 unspecified atom stereocenters. The number of anilines is 10. The van der Waals surface area contributed by atoms with Crippen LogP contribution in [0.15, 0.2) is 358 Å². The van der Waals surface area contributed by atoms with Crippen LogP contribution in [0.4, 0.5) is 56.9 Å². The predicted molar refractivity (Wildman–Crippen MR) is 517 cm³/mol. The molecule has 1 atom stereocenters. The number of fused-ring (bicyclic) bond motifs is 7. The summed E-state index contributed by atoms with van der Waals surface area (Å²) >= 11 is 0. The summed E-state index contributed by atoms with van der Waals surface area (Å²) in [5, 5.41) is 5.35. The average molecular weight is 1720 g/mol. The van der Waals surface area contributed by atoms with E-state index < -0.39 is 15.4 Å². The molecule has 14 aromatic carbocycles. The summed E-state index contributed by atoms with van der Waals surface area (Å²) in [5.41, 5.74) is 20.2. The van der Waals surface area contributed by atoms with Gasteiger partial charge in [0.1, 0.15) is 46.0 Å². The maximum Gasteiger partial charge on any atom is 1.00 e. The van der Waals surface area contributed by atoms with Crippen molar-refractivity contribution >= 4 is 134 Å². The van der Waals surface area contributed by atoms with E-state index in [9.17, 15) is 13.0 Å². The first-order chi connectivity index (χ1) is 61.9. The third kappa shape index (κ3) is 17.4. The minimum Gasteiger partial charge on any atom is -0.748 e. The van der Waals surface area contributed by atoms with Crippen LogP contribution in [-0.4, -0.2) is 88.8 Å². The van der Waals surface area contributed by atoms with E-state index in [1.54, 1.807) is 63.0 Å². The second kappa shape index (κ2) is 37.7. The van der Waals surface area contributed by atoms with Gasteiger partial charge in [0.05, 0.1) is 83.5 Å². The summed E-state index contributed by atoms with van der Waals surface area (Å²) in [7, 11) is 8.70. The Balaban J connectivity index is 0.0000120. The maximum absolute atomic E-state index is 12.5. The molecule has 18 nitrogen and oxygen atoms in total. The molecule has 0 N–H and O–H groups in total. The number of methoxy groups -OCH3 is 8. The Bertz CT molecular complexity index is 6970. The minimum absolute atomic E-state index is 0. The summed E-state index contributed by atoms with van der Waals surface area (Å²) in [6.07, 6.45) is 9.52. The van der Waals surface area contributed by atoms with E-state index in [1.807, 2.05) is 145 Å². The molecule has 0 bridgehead atoms. The van der Waals surface area contributed by atoms with Gasteiger partial charge in [-0.05, 0) is 333 Å². The van der Waals surface area contributed by atoms with E-state index in [2.05, 4.69) is 229 Å². The molecule has 0 fully saturated rings. The third-order valence-corrected chi connectivity index (χ3v) is 24.7. The van der Waals surface area contributed by atoms with Crippen molar-refractivity contribution in [1.82, 2.24) is 13.7 Å². The zero-order valence-electron chi connectivity index (χ0n) is 73.0. The van der Waals surface area contributed by atoms with Gasteiger partial charge in [0, 0.05) is 140 Å². The molecule has 0 spiro atoms. The Morgan fingerprint density at radius 3 is 1.01 bits per heavy atom.